The van der Waals surface area contributed by atoms with Crippen LogP contribution in [0.2, 0.25) is 0 Å². The van der Waals surface area contributed by atoms with Crippen molar-refractivity contribution in [1.29, 1.82) is 0 Å². The summed E-state index contributed by atoms with van der Waals surface area (Å²) in [6.45, 7) is 3.95. The molecule has 150 valence electrons. The fourth-order valence-electron chi connectivity index (χ4n) is 3.05. The molecule has 1 N–H and O–H groups in total. The quantitative estimate of drug-likeness (QED) is 0.551. The van der Waals surface area contributed by atoms with E-state index in [9.17, 15) is 18.8 Å². The van der Waals surface area contributed by atoms with Crippen molar-refractivity contribution in [3.8, 4) is 0 Å². The molecule has 8 heteroatoms. The first kappa shape index (κ1) is 20.7. The Morgan fingerprint density at radius 2 is 1.93 bits per heavy atom. The minimum absolute atomic E-state index is 0.00630. The van der Waals surface area contributed by atoms with Gasteiger partial charge in [-0.15, -0.1) is 6.58 Å². The fourth-order valence-corrected chi connectivity index (χ4v) is 3.46. The highest BCUT2D eigenvalue weighted by Crippen LogP contribution is 2.18. The number of carbonyl (C=O) groups excluding carboxylic acids is 1. The molecule has 0 bridgehead atoms. The number of H-pyrrole nitrogens is 1. The molecule has 0 atom stereocenters. The van der Waals surface area contributed by atoms with Gasteiger partial charge in [0.1, 0.15) is 5.82 Å². The molecule has 0 saturated heterocycles. The Morgan fingerprint density at radius 1 is 1.21 bits per heavy atom. The number of rotatable bonds is 7. The van der Waals surface area contributed by atoms with E-state index < -0.39 is 11.4 Å². The average Bonchev–Trinajstić information content (AvgIpc) is 2.71. The second-order valence-electron chi connectivity index (χ2n) is 6.49. The molecule has 0 saturated carbocycles. The van der Waals surface area contributed by atoms with Crippen LogP contribution in [0.15, 0.2) is 69.2 Å². The molecule has 1 amide bonds. The molecule has 1 aromatic heterocycles. The standard InChI is InChI=1S/C21H19BrFN3O3/c1-2-10-25(13-14-12-15(22)7-8-18(14)23)19(27)9-11-26-21(29)17-6-4-3-5-16(17)20(28)24-26/h2-8,12H,1,9-11,13H2,(H,24,28). The van der Waals surface area contributed by atoms with Gasteiger partial charge in [0.25, 0.3) is 11.1 Å². The molecular weight excluding hydrogens is 441 g/mol. The number of carbonyl (C=O) groups is 1. The van der Waals surface area contributed by atoms with Crippen LogP contribution in [0.1, 0.15) is 12.0 Å². The zero-order valence-electron chi connectivity index (χ0n) is 15.5. The second kappa shape index (κ2) is 9.00. The number of hydrogen-bond acceptors (Lipinski definition) is 3. The maximum atomic E-state index is 14.1. The zero-order valence-corrected chi connectivity index (χ0v) is 17.1. The first-order valence-electron chi connectivity index (χ1n) is 8.95. The van der Waals surface area contributed by atoms with E-state index in [1.165, 1.54) is 11.0 Å². The zero-order chi connectivity index (χ0) is 21.0. The summed E-state index contributed by atoms with van der Waals surface area (Å²) < 4.78 is 15.9. The molecule has 3 aromatic rings. The van der Waals surface area contributed by atoms with Crippen LogP contribution < -0.4 is 11.1 Å². The lowest BCUT2D eigenvalue weighted by molar-refractivity contribution is -0.131. The average molecular weight is 460 g/mol. The summed E-state index contributed by atoms with van der Waals surface area (Å²) in [7, 11) is 0. The number of hydrogen-bond donors (Lipinski definition) is 1. The van der Waals surface area contributed by atoms with Crippen molar-refractivity contribution in [2.45, 2.75) is 19.5 Å². The van der Waals surface area contributed by atoms with Crippen molar-refractivity contribution in [3.63, 3.8) is 0 Å². The molecule has 3 rings (SSSR count). The SMILES string of the molecule is C=CCN(Cc1cc(Br)ccc1F)C(=O)CCn1[nH]c(=O)c2ccccc2c1=O. The maximum absolute atomic E-state index is 14.1. The van der Waals surface area contributed by atoms with Crippen LogP contribution >= 0.6 is 15.9 Å². The van der Waals surface area contributed by atoms with Crippen molar-refractivity contribution in [2.24, 2.45) is 0 Å². The summed E-state index contributed by atoms with van der Waals surface area (Å²) in [6, 6.07) is 11.0. The smallest absolute Gasteiger partial charge is 0.273 e. The fraction of sp³-hybridized carbons (Fsp3) is 0.190. The van der Waals surface area contributed by atoms with Crippen LogP contribution in [-0.2, 0) is 17.9 Å². The summed E-state index contributed by atoms with van der Waals surface area (Å²) in [6.07, 6.45) is 1.52. The minimum atomic E-state index is -0.412. The third-order valence-corrected chi connectivity index (χ3v) is 5.00. The van der Waals surface area contributed by atoms with Gasteiger partial charge in [0.2, 0.25) is 5.91 Å². The van der Waals surface area contributed by atoms with Gasteiger partial charge in [-0.1, -0.05) is 34.1 Å². The van der Waals surface area contributed by atoms with Crippen molar-refractivity contribution >= 4 is 32.6 Å². The predicted molar refractivity (Wildman–Crippen MR) is 113 cm³/mol. The molecule has 0 fully saturated rings. The predicted octanol–water partition coefficient (Wildman–Crippen LogP) is 3.20. The van der Waals surface area contributed by atoms with Gasteiger partial charge in [0, 0.05) is 29.5 Å². The molecule has 1 heterocycles. The number of aryl methyl sites for hydroxylation is 1. The number of aromatic nitrogens is 2. The van der Waals surface area contributed by atoms with Gasteiger partial charge >= 0.3 is 0 Å². The molecule has 2 aromatic carbocycles. The second-order valence-corrected chi connectivity index (χ2v) is 7.41. The monoisotopic (exact) mass is 459 g/mol. The normalized spacial score (nSPS) is 10.8. The Balaban J connectivity index is 1.79. The highest BCUT2D eigenvalue weighted by Gasteiger charge is 2.16. The van der Waals surface area contributed by atoms with Gasteiger partial charge in [-0.05, 0) is 30.3 Å². The number of benzene rings is 2. The van der Waals surface area contributed by atoms with Crippen molar-refractivity contribution in [2.75, 3.05) is 6.54 Å². The number of nitrogens with zero attached hydrogens (tertiary/aromatic N) is 2. The van der Waals surface area contributed by atoms with Gasteiger partial charge in [-0.3, -0.25) is 19.5 Å². The molecule has 0 aliphatic carbocycles. The van der Waals surface area contributed by atoms with Crippen molar-refractivity contribution in [3.05, 3.63) is 91.7 Å². The third-order valence-electron chi connectivity index (χ3n) is 4.50. The Labute approximate surface area is 174 Å². The summed E-state index contributed by atoms with van der Waals surface area (Å²) in [5, 5.41) is 3.10. The molecule has 0 aliphatic rings. The van der Waals surface area contributed by atoms with E-state index in [-0.39, 0.29) is 37.5 Å². The summed E-state index contributed by atoms with van der Waals surface area (Å²) in [5.41, 5.74) is -0.404. The Hall–Kier alpha value is -3.00. The molecular formula is C21H19BrFN3O3. The minimum Gasteiger partial charge on any atom is -0.334 e. The van der Waals surface area contributed by atoms with E-state index in [1.807, 2.05) is 0 Å². The van der Waals surface area contributed by atoms with E-state index in [0.717, 1.165) is 4.68 Å². The number of amides is 1. The summed E-state index contributed by atoms with van der Waals surface area (Å²) >= 11 is 3.30. The Kier molecular flexibility index (Phi) is 6.43. The van der Waals surface area contributed by atoms with E-state index in [0.29, 0.717) is 20.8 Å². The Morgan fingerprint density at radius 3 is 2.66 bits per heavy atom. The lowest BCUT2D eigenvalue weighted by atomic mass is 10.2. The highest BCUT2D eigenvalue weighted by atomic mass is 79.9. The molecule has 0 spiro atoms. The van der Waals surface area contributed by atoms with E-state index >= 15 is 0 Å². The van der Waals surface area contributed by atoms with Crippen LogP contribution in [0.5, 0.6) is 0 Å². The first-order valence-corrected chi connectivity index (χ1v) is 9.74. The van der Waals surface area contributed by atoms with E-state index in [2.05, 4.69) is 27.6 Å². The molecule has 0 unspecified atom stereocenters. The van der Waals surface area contributed by atoms with Crippen LogP contribution in [0, 0.1) is 5.82 Å². The van der Waals surface area contributed by atoms with Gasteiger partial charge < -0.3 is 4.90 Å². The molecule has 29 heavy (non-hydrogen) atoms. The van der Waals surface area contributed by atoms with Crippen LogP contribution in [-0.4, -0.2) is 27.1 Å². The number of aromatic amines is 1. The first-order chi connectivity index (χ1) is 13.9. The van der Waals surface area contributed by atoms with Crippen LogP contribution in [0.4, 0.5) is 4.39 Å². The molecule has 6 nitrogen and oxygen atoms in total. The van der Waals surface area contributed by atoms with Crippen molar-refractivity contribution in [1.82, 2.24) is 14.7 Å². The third kappa shape index (κ3) is 4.71. The molecule has 0 radical (unpaired) electrons. The maximum Gasteiger partial charge on any atom is 0.273 e. The van der Waals surface area contributed by atoms with E-state index in [4.69, 9.17) is 0 Å². The topological polar surface area (TPSA) is 75.2 Å². The van der Waals surface area contributed by atoms with E-state index in [1.54, 1.807) is 42.5 Å². The number of nitrogens with one attached hydrogen (secondary N) is 1. The lowest BCUT2D eigenvalue weighted by Gasteiger charge is -2.22. The Bertz CT molecular complexity index is 1190. The van der Waals surface area contributed by atoms with Crippen LogP contribution in [0.3, 0.4) is 0 Å². The molecule has 0 aliphatic heterocycles. The van der Waals surface area contributed by atoms with Gasteiger partial charge in [0.05, 0.1) is 17.3 Å². The van der Waals surface area contributed by atoms with Gasteiger partial charge in [-0.2, -0.15) is 0 Å². The lowest BCUT2D eigenvalue weighted by Crippen LogP contribution is -2.35. The van der Waals surface area contributed by atoms with Gasteiger partial charge in [0.15, 0.2) is 0 Å². The van der Waals surface area contributed by atoms with Crippen molar-refractivity contribution < 1.29 is 9.18 Å². The summed E-state index contributed by atoms with van der Waals surface area (Å²) in [4.78, 5) is 38.9. The highest BCUT2D eigenvalue weighted by molar-refractivity contribution is 9.10. The number of halogens is 2. The van der Waals surface area contributed by atoms with Gasteiger partial charge in [-0.25, -0.2) is 9.07 Å². The largest absolute Gasteiger partial charge is 0.334 e. The summed E-state index contributed by atoms with van der Waals surface area (Å²) in [5.74, 6) is -0.699. The number of fused-ring (bicyclic) bond motifs is 1. The van der Waals surface area contributed by atoms with Crippen LogP contribution in [0.25, 0.3) is 10.8 Å².